The van der Waals surface area contributed by atoms with Crippen LogP contribution in [0.2, 0.25) is 0 Å². The van der Waals surface area contributed by atoms with E-state index in [0.717, 1.165) is 11.3 Å². The number of nitrogens with zero attached hydrogens (tertiary/aromatic N) is 4. The molecule has 0 unspecified atom stereocenters. The van der Waals surface area contributed by atoms with E-state index in [9.17, 15) is 18.0 Å². The molecule has 2 fully saturated rings. The molecule has 2 saturated heterocycles. The van der Waals surface area contributed by atoms with Gasteiger partial charge in [-0.25, -0.2) is 4.98 Å². The number of hydrogen-bond acceptors (Lipinski definition) is 7. The highest BCUT2D eigenvalue weighted by Crippen LogP contribution is 2.28. The second-order valence-corrected chi connectivity index (χ2v) is 11.5. The van der Waals surface area contributed by atoms with Crippen LogP contribution in [-0.2, 0) is 32.6 Å². The van der Waals surface area contributed by atoms with Gasteiger partial charge in [-0.05, 0) is 31.9 Å². The summed E-state index contributed by atoms with van der Waals surface area (Å²) in [5.41, 5.74) is 4.71. The molecule has 3 heterocycles. The number of likely N-dealkylation sites (N-methyl/N-ethyl adjacent to an activating group) is 1. The molecule has 0 aliphatic carbocycles. The van der Waals surface area contributed by atoms with E-state index in [0.29, 0.717) is 52.0 Å². The van der Waals surface area contributed by atoms with Crippen LogP contribution in [0.15, 0.2) is 41.2 Å². The van der Waals surface area contributed by atoms with Crippen LogP contribution >= 0.6 is 11.3 Å². The van der Waals surface area contributed by atoms with Gasteiger partial charge in [-0.3, -0.25) is 20.0 Å². The van der Waals surface area contributed by atoms with Gasteiger partial charge in [0, 0.05) is 50.9 Å². The Morgan fingerprint density at radius 1 is 1.14 bits per heavy atom. The molecule has 190 valence electrons. The summed E-state index contributed by atoms with van der Waals surface area (Å²) in [7, 11) is -1.97. The molecule has 0 bridgehead atoms. The summed E-state index contributed by atoms with van der Waals surface area (Å²) < 4.78 is 31.0. The van der Waals surface area contributed by atoms with E-state index in [-0.39, 0.29) is 18.7 Å². The van der Waals surface area contributed by atoms with Gasteiger partial charge < -0.3 is 4.90 Å². The minimum atomic E-state index is -3.92. The molecule has 12 heteroatoms. The zero-order chi connectivity index (χ0) is 24.9. The van der Waals surface area contributed by atoms with E-state index >= 15 is 0 Å². The number of nitrogens with one attached hydrogen (secondary N) is 2. The van der Waals surface area contributed by atoms with Gasteiger partial charge in [0.15, 0.2) is 0 Å². The molecule has 2 aromatic rings. The van der Waals surface area contributed by atoms with E-state index in [1.54, 1.807) is 5.51 Å². The van der Waals surface area contributed by atoms with Crippen LogP contribution in [0.3, 0.4) is 0 Å². The molecule has 35 heavy (non-hydrogen) atoms. The van der Waals surface area contributed by atoms with Gasteiger partial charge in [-0.1, -0.05) is 30.3 Å². The van der Waals surface area contributed by atoms with Gasteiger partial charge in [0.25, 0.3) is 16.1 Å². The highest BCUT2D eigenvalue weighted by molar-refractivity contribution is 7.87. The maximum absolute atomic E-state index is 13.8. The molecule has 1 aromatic heterocycles. The number of carbonyl (C=O) groups excluding carboxylic acids is 2. The largest absolute Gasteiger partial charge is 0.304 e. The van der Waals surface area contributed by atoms with E-state index < -0.39 is 21.7 Å². The molecule has 10 nitrogen and oxygen atoms in total. The van der Waals surface area contributed by atoms with E-state index in [4.69, 9.17) is 0 Å². The fraction of sp³-hybridized carbons (Fsp3) is 0.522. The van der Waals surface area contributed by atoms with Gasteiger partial charge in [0.1, 0.15) is 5.54 Å². The minimum Gasteiger partial charge on any atom is -0.304 e. The molecule has 0 radical (unpaired) electrons. The van der Waals surface area contributed by atoms with Crippen molar-refractivity contribution in [3.63, 3.8) is 0 Å². The first-order valence-electron chi connectivity index (χ1n) is 11.8. The molecule has 1 aromatic carbocycles. The van der Waals surface area contributed by atoms with Crippen LogP contribution in [0, 0.1) is 0 Å². The second-order valence-electron chi connectivity index (χ2n) is 9.13. The number of hydrogen-bond donors (Lipinski definition) is 2. The third kappa shape index (κ3) is 6.44. The molecule has 2 aliphatic heterocycles. The van der Waals surface area contributed by atoms with Crippen LogP contribution in [0.4, 0.5) is 0 Å². The van der Waals surface area contributed by atoms with Crippen LogP contribution in [-0.4, -0.2) is 84.7 Å². The summed E-state index contributed by atoms with van der Waals surface area (Å²) >= 11 is 1.47. The standard InChI is InChI=1S/C23H32N6O4S2/c1-27-12-14-28(15-13-27)35(32,33)26-23(16-19-6-3-2-4-7-19)10-5-11-29(22(23)31)25-21(30)9-8-20-17-34-18-24-20/h2-4,6-7,17-18,26H,5,8-16H2,1H3,(H,25,30)/t23-/m0/s1. The quantitative estimate of drug-likeness (QED) is 0.505. The van der Waals surface area contributed by atoms with Crippen molar-refractivity contribution in [1.29, 1.82) is 0 Å². The predicted molar refractivity (Wildman–Crippen MR) is 134 cm³/mol. The fourth-order valence-electron chi connectivity index (χ4n) is 4.50. The lowest BCUT2D eigenvalue weighted by molar-refractivity contribution is -0.149. The molecular weight excluding hydrogens is 488 g/mol. The zero-order valence-corrected chi connectivity index (χ0v) is 21.5. The average molecular weight is 521 g/mol. The lowest BCUT2D eigenvalue weighted by Crippen LogP contribution is -2.68. The van der Waals surface area contributed by atoms with Gasteiger partial charge in [0.2, 0.25) is 5.91 Å². The summed E-state index contributed by atoms with van der Waals surface area (Å²) in [6.45, 7) is 2.30. The Labute approximate surface area is 210 Å². The number of aryl methyl sites for hydroxylation is 1. The van der Waals surface area contributed by atoms with Crippen LogP contribution < -0.4 is 10.1 Å². The summed E-state index contributed by atoms with van der Waals surface area (Å²) in [6, 6.07) is 9.36. The zero-order valence-electron chi connectivity index (χ0n) is 19.9. The summed E-state index contributed by atoms with van der Waals surface area (Å²) in [4.78, 5) is 32.6. The van der Waals surface area contributed by atoms with Crippen molar-refractivity contribution in [3.05, 3.63) is 52.5 Å². The van der Waals surface area contributed by atoms with Crippen molar-refractivity contribution >= 4 is 33.4 Å². The van der Waals surface area contributed by atoms with Crippen LogP contribution in [0.5, 0.6) is 0 Å². The first kappa shape index (κ1) is 25.7. The smallest absolute Gasteiger partial charge is 0.280 e. The Morgan fingerprint density at radius 2 is 1.89 bits per heavy atom. The summed E-state index contributed by atoms with van der Waals surface area (Å²) in [5, 5.41) is 3.17. The predicted octanol–water partition coefficient (Wildman–Crippen LogP) is 0.793. The third-order valence-electron chi connectivity index (χ3n) is 6.47. The minimum absolute atomic E-state index is 0.187. The molecule has 2 aliphatic rings. The molecular formula is C23H32N6O4S2. The number of piperazine rings is 1. The normalized spacial score (nSPS) is 22.3. The first-order valence-corrected chi connectivity index (χ1v) is 14.2. The van der Waals surface area contributed by atoms with Crippen molar-refractivity contribution in [2.75, 3.05) is 39.8 Å². The maximum atomic E-state index is 13.8. The number of aromatic nitrogens is 1. The van der Waals surface area contributed by atoms with Gasteiger partial charge in [-0.2, -0.15) is 17.4 Å². The molecule has 2 N–H and O–H groups in total. The van der Waals surface area contributed by atoms with E-state index in [1.165, 1.54) is 20.7 Å². The van der Waals surface area contributed by atoms with Crippen molar-refractivity contribution in [2.24, 2.45) is 0 Å². The van der Waals surface area contributed by atoms with Crippen molar-refractivity contribution in [3.8, 4) is 0 Å². The monoisotopic (exact) mass is 520 g/mol. The van der Waals surface area contributed by atoms with Crippen molar-refractivity contribution in [2.45, 2.75) is 37.6 Å². The topological polar surface area (TPSA) is 115 Å². The Balaban J connectivity index is 1.52. The van der Waals surface area contributed by atoms with Crippen LogP contribution in [0.25, 0.3) is 0 Å². The van der Waals surface area contributed by atoms with Gasteiger partial charge >= 0.3 is 0 Å². The molecule has 4 rings (SSSR count). The van der Waals surface area contributed by atoms with Crippen LogP contribution in [0.1, 0.15) is 30.5 Å². The van der Waals surface area contributed by atoms with Crippen molar-refractivity contribution < 1.29 is 18.0 Å². The lowest BCUT2D eigenvalue weighted by Gasteiger charge is -2.43. The van der Waals surface area contributed by atoms with E-state index in [1.807, 2.05) is 42.8 Å². The number of amides is 2. The number of piperidine rings is 1. The third-order valence-corrected chi connectivity index (χ3v) is 8.80. The number of hydrazine groups is 1. The number of carbonyl (C=O) groups is 2. The molecule has 2 amide bonds. The lowest BCUT2D eigenvalue weighted by atomic mass is 9.84. The molecule has 0 spiro atoms. The Bertz CT molecular complexity index is 1100. The average Bonchev–Trinajstić information content (AvgIpc) is 3.35. The highest BCUT2D eigenvalue weighted by Gasteiger charge is 2.48. The van der Waals surface area contributed by atoms with Gasteiger partial charge in [0.05, 0.1) is 11.2 Å². The highest BCUT2D eigenvalue weighted by atomic mass is 32.2. The summed E-state index contributed by atoms with van der Waals surface area (Å²) in [5.74, 6) is -0.740. The SMILES string of the molecule is CN1CCN(S(=O)(=O)N[C@]2(Cc3ccccc3)CCCN(NC(=O)CCc3cscn3)C2=O)CC1. The van der Waals surface area contributed by atoms with Gasteiger partial charge in [-0.15, -0.1) is 11.3 Å². The first-order chi connectivity index (χ1) is 16.8. The Kier molecular flexibility index (Phi) is 8.17. The number of benzene rings is 1. The van der Waals surface area contributed by atoms with E-state index in [2.05, 4.69) is 20.0 Å². The molecule has 1 atom stereocenters. The summed E-state index contributed by atoms with van der Waals surface area (Å²) in [6.07, 6.45) is 1.76. The number of thiazole rings is 1. The fourth-order valence-corrected chi connectivity index (χ4v) is 6.62. The number of rotatable bonds is 9. The second kappa shape index (κ2) is 11.1. The maximum Gasteiger partial charge on any atom is 0.280 e. The molecule has 0 saturated carbocycles. The Morgan fingerprint density at radius 3 is 2.57 bits per heavy atom. The Hall–Kier alpha value is -2.38. The van der Waals surface area contributed by atoms with Crippen molar-refractivity contribution in [1.82, 2.24) is 29.3 Å².